The summed E-state index contributed by atoms with van der Waals surface area (Å²) in [6, 6.07) is -0.859. The van der Waals surface area contributed by atoms with E-state index in [9.17, 15) is 14.4 Å². The summed E-state index contributed by atoms with van der Waals surface area (Å²) in [5.41, 5.74) is -1.72. The van der Waals surface area contributed by atoms with Gasteiger partial charge in [-0.05, 0) is 85.9 Å². The average molecular weight is 562 g/mol. The molecule has 1 aromatic rings. The molecule has 1 unspecified atom stereocenters. The van der Waals surface area contributed by atoms with Crippen molar-refractivity contribution in [3.63, 3.8) is 0 Å². The monoisotopic (exact) mass is 561 g/mol. The molecule has 37 heavy (non-hydrogen) atoms. The van der Waals surface area contributed by atoms with Gasteiger partial charge in [0.1, 0.15) is 17.3 Å². The van der Waals surface area contributed by atoms with Gasteiger partial charge < -0.3 is 19.0 Å². The van der Waals surface area contributed by atoms with Gasteiger partial charge in [0, 0.05) is 5.75 Å². The number of carbonyl (C=O) groups excluding carboxylic acids is 3. The average Bonchev–Trinajstić information content (AvgIpc) is 3.24. The number of carbonyl (C=O) groups is 3. The largest absolute Gasteiger partial charge is 0.444 e. The van der Waals surface area contributed by atoms with E-state index in [1.165, 1.54) is 16.7 Å². The topological polar surface area (TPSA) is 118 Å². The van der Waals surface area contributed by atoms with Crippen molar-refractivity contribution in [2.24, 2.45) is 5.92 Å². The van der Waals surface area contributed by atoms with E-state index in [1.54, 1.807) is 20.8 Å². The molecule has 1 aromatic heterocycles. The molecule has 0 aromatic carbocycles. The van der Waals surface area contributed by atoms with E-state index < -0.39 is 29.2 Å². The van der Waals surface area contributed by atoms with E-state index in [1.807, 2.05) is 27.9 Å². The number of hydrogen-bond donors (Lipinski definition) is 1. The first kappa shape index (κ1) is 33.2. The maximum atomic E-state index is 13.7. The Morgan fingerprint density at radius 1 is 1.19 bits per heavy atom. The van der Waals surface area contributed by atoms with Crippen molar-refractivity contribution in [2.45, 2.75) is 102 Å². The van der Waals surface area contributed by atoms with Crippen LogP contribution in [-0.2, 0) is 9.53 Å². The lowest BCUT2D eigenvalue weighted by Crippen LogP contribution is -2.65. The van der Waals surface area contributed by atoms with E-state index >= 15 is 0 Å². The molecule has 0 radical (unpaired) electrons. The van der Waals surface area contributed by atoms with Crippen LogP contribution in [0.2, 0.25) is 0 Å². The van der Waals surface area contributed by atoms with Crippen molar-refractivity contribution in [2.75, 3.05) is 26.4 Å². The number of amides is 2. The molecule has 1 aliphatic rings. The first-order valence-electron chi connectivity index (χ1n) is 12.8. The van der Waals surface area contributed by atoms with Crippen molar-refractivity contribution in [3.05, 3.63) is 5.89 Å². The molecule has 1 saturated carbocycles. The molecule has 212 valence electrons. The molecule has 1 heterocycles. The van der Waals surface area contributed by atoms with Gasteiger partial charge in [-0.3, -0.25) is 14.9 Å². The van der Waals surface area contributed by atoms with E-state index in [2.05, 4.69) is 20.4 Å². The number of nitrogens with one attached hydrogen (secondary N) is 1. The van der Waals surface area contributed by atoms with Crippen LogP contribution in [0.5, 0.6) is 0 Å². The summed E-state index contributed by atoms with van der Waals surface area (Å²) in [7, 11) is 4.02. The van der Waals surface area contributed by atoms with Gasteiger partial charge in [0.2, 0.25) is 12.2 Å². The zero-order chi connectivity index (χ0) is 26.9. The van der Waals surface area contributed by atoms with Gasteiger partial charge >= 0.3 is 6.09 Å². The highest BCUT2D eigenvalue weighted by molar-refractivity contribution is 7.99. The molecule has 2 amide bonds. The van der Waals surface area contributed by atoms with E-state index in [0.717, 1.165) is 38.0 Å². The number of nitrogens with zero attached hydrogens (tertiary/aromatic N) is 4. The molecule has 2 rings (SSSR count). The van der Waals surface area contributed by atoms with Crippen molar-refractivity contribution in [1.82, 2.24) is 25.3 Å². The summed E-state index contributed by atoms with van der Waals surface area (Å²) in [6.45, 7) is 10.3. The fraction of sp³-hybridized carbons (Fsp3) is 0.800. The highest BCUT2D eigenvalue weighted by Crippen LogP contribution is 2.35. The Hall–Kier alpha value is -1.85. The smallest absolute Gasteiger partial charge is 0.409 e. The van der Waals surface area contributed by atoms with Crippen LogP contribution in [0.25, 0.3) is 0 Å². The minimum atomic E-state index is -1.03. The zero-order valence-corrected chi connectivity index (χ0v) is 24.9. The summed E-state index contributed by atoms with van der Waals surface area (Å²) < 4.78 is 11.2. The minimum absolute atomic E-state index is 0. The second-order valence-corrected chi connectivity index (χ2v) is 12.2. The zero-order valence-electron chi connectivity index (χ0n) is 23.2. The number of ketones is 1. The van der Waals surface area contributed by atoms with Crippen molar-refractivity contribution in [1.29, 1.82) is 0 Å². The Morgan fingerprint density at radius 3 is 2.38 bits per heavy atom. The summed E-state index contributed by atoms with van der Waals surface area (Å²) in [4.78, 5) is 42.6. The second-order valence-electron chi connectivity index (χ2n) is 11.1. The number of Topliss-reactive ketones (excluding diaryl/α,β-unsaturated/α-hetero) is 1. The Labute approximate surface area is 231 Å². The highest BCUT2D eigenvalue weighted by Gasteiger charge is 2.46. The first-order valence-corrected chi connectivity index (χ1v) is 13.8. The van der Waals surface area contributed by atoms with Gasteiger partial charge in [0.25, 0.3) is 11.1 Å². The number of rotatable bonds is 13. The third kappa shape index (κ3) is 10.4. The van der Waals surface area contributed by atoms with Crippen molar-refractivity contribution >= 4 is 42.5 Å². The molecule has 1 N–H and O–H groups in total. The number of alkyl carbamates (subject to hydrolysis) is 1. The van der Waals surface area contributed by atoms with Crippen LogP contribution in [0.15, 0.2) is 9.64 Å². The van der Waals surface area contributed by atoms with Crippen LogP contribution in [0.1, 0.15) is 90.2 Å². The molecule has 10 nitrogen and oxygen atoms in total. The van der Waals surface area contributed by atoms with Gasteiger partial charge in [-0.1, -0.05) is 32.0 Å². The lowest BCUT2D eigenvalue weighted by Gasteiger charge is -2.47. The molecule has 0 saturated heterocycles. The van der Waals surface area contributed by atoms with Crippen LogP contribution < -0.4 is 5.32 Å². The quantitative estimate of drug-likeness (QED) is 0.119. The highest BCUT2D eigenvalue weighted by atomic mass is 35.5. The Balaban J connectivity index is 0.00000684. The fourth-order valence-electron chi connectivity index (χ4n) is 4.39. The van der Waals surface area contributed by atoms with Gasteiger partial charge in [-0.2, -0.15) is 0 Å². The van der Waals surface area contributed by atoms with Crippen LogP contribution in [-0.4, -0.2) is 82.0 Å². The maximum absolute atomic E-state index is 13.7. The Morgan fingerprint density at radius 2 is 1.84 bits per heavy atom. The summed E-state index contributed by atoms with van der Waals surface area (Å²) >= 11 is 1.41. The molecule has 0 bridgehead atoms. The third-order valence-corrected chi connectivity index (χ3v) is 6.85. The molecular formula is C25H44ClN5O5S. The number of aromatic nitrogens is 2. The van der Waals surface area contributed by atoms with Gasteiger partial charge in [0.05, 0.1) is 0 Å². The van der Waals surface area contributed by atoms with Crippen LogP contribution >= 0.6 is 24.2 Å². The van der Waals surface area contributed by atoms with E-state index in [4.69, 9.17) is 9.15 Å². The number of hydrogen-bond acceptors (Lipinski definition) is 9. The third-order valence-electron chi connectivity index (χ3n) is 5.95. The number of ether oxygens (including phenoxy) is 1. The SMILES string of the molecule is CC(C)CC(C(=O)c1nnc(SCCCN(C)C)o1)N(C=O)C1(NC(=O)OC(C)(C)C)CCCCC1.Cl. The predicted molar refractivity (Wildman–Crippen MR) is 146 cm³/mol. The van der Waals surface area contributed by atoms with Crippen molar-refractivity contribution in [3.8, 4) is 0 Å². The lowest BCUT2D eigenvalue weighted by atomic mass is 9.85. The van der Waals surface area contributed by atoms with E-state index in [0.29, 0.717) is 30.9 Å². The normalized spacial score (nSPS) is 16.1. The second kappa shape index (κ2) is 14.9. The van der Waals surface area contributed by atoms with Crippen LogP contribution in [0.4, 0.5) is 4.79 Å². The molecule has 0 spiro atoms. The molecular weight excluding hydrogens is 518 g/mol. The molecule has 1 fully saturated rings. The Bertz CT molecular complexity index is 868. The predicted octanol–water partition coefficient (Wildman–Crippen LogP) is 4.78. The maximum Gasteiger partial charge on any atom is 0.409 e. The molecule has 1 atom stereocenters. The standard InChI is InChI=1S/C25H43N5O5S.ClH/c1-18(2)16-19(20(32)21-27-28-23(34-21)36-15-11-14-29(6)7)30(17-31)25(12-9-8-10-13-25)26-22(33)35-24(3,4)5;/h17-19H,8-16H2,1-7H3,(H,26,33);1H. The summed E-state index contributed by atoms with van der Waals surface area (Å²) in [6.07, 6.45) is 5.08. The van der Waals surface area contributed by atoms with Gasteiger partial charge in [-0.25, -0.2) is 4.79 Å². The van der Waals surface area contributed by atoms with Crippen LogP contribution in [0, 0.1) is 5.92 Å². The van der Waals surface area contributed by atoms with Crippen LogP contribution in [0.3, 0.4) is 0 Å². The molecule has 12 heteroatoms. The number of thioether (sulfide) groups is 1. The summed E-state index contributed by atoms with van der Waals surface area (Å²) in [5, 5.41) is 11.3. The molecule has 0 aliphatic heterocycles. The fourth-order valence-corrected chi connectivity index (χ4v) is 5.08. The van der Waals surface area contributed by atoms with Gasteiger partial charge in [0.15, 0.2) is 0 Å². The Kier molecular flexibility index (Phi) is 13.4. The lowest BCUT2D eigenvalue weighted by molar-refractivity contribution is -0.130. The first-order chi connectivity index (χ1) is 16.9. The summed E-state index contributed by atoms with van der Waals surface area (Å²) in [5.74, 6) is 0.351. The van der Waals surface area contributed by atoms with Crippen molar-refractivity contribution < 1.29 is 23.5 Å². The molecule has 1 aliphatic carbocycles. The minimum Gasteiger partial charge on any atom is -0.444 e. The van der Waals surface area contributed by atoms with Gasteiger partial charge in [-0.15, -0.1) is 22.6 Å². The number of halogens is 1. The van der Waals surface area contributed by atoms with E-state index in [-0.39, 0.29) is 24.2 Å².